The number of halogens is 1. The molecule has 0 aromatic heterocycles. The molecule has 118 valence electrons. The summed E-state index contributed by atoms with van der Waals surface area (Å²) < 4.78 is 28.4. The molecule has 0 bridgehead atoms. The fourth-order valence-corrected chi connectivity index (χ4v) is 4.18. The van der Waals surface area contributed by atoms with Crippen molar-refractivity contribution < 1.29 is 8.42 Å². The quantitative estimate of drug-likeness (QED) is 0.812. The summed E-state index contributed by atoms with van der Waals surface area (Å²) in [4.78, 5) is 2.63. The van der Waals surface area contributed by atoms with E-state index in [0.29, 0.717) is 11.4 Å². The normalized spacial score (nSPS) is 17.1. The molecule has 2 rings (SSSR count). The van der Waals surface area contributed by atoms with E-state index in [4.69, 9.17) is 0 Å². The van der Waals surface area contributed by atoms with Gasteiger partial charge in [0.2, 0.25) is 10.0 Å². The lowest BCUT2D eigenvalue weighted by Gasteiger charge is -2.27. The highest BCUT2D eigenvalue weighted by atomic mass is 79.9. The number of nitrogens with zero attached hydrogens (tertiary/aromatic N) is 1. The van der Waals surface area contributed by atoms with Crippen molar-refractivity contribution in [2.45, 2.75) is 18.7 Å². The van der Waals surface area contributed by atoms with Gasteiger partial charge in [-0.2, -0.15) is 0 Å². The van der Waals surface area contributed by atoms with Crippen molar-refractivity contribution in [1.82, 2.24) is 14.9 Å². The highest BCUT2D eigenvalue weighted by Gasteiger charge is 2.18. The number of sulfonamides is 1. The predicted octanol–water partition coefficient (Wildman–Crippen LogP) is 1.25. The van der Waals surface area contributed by atoms with Crippen LogP contribution in [-0.4, -0.2) is 52.6 Å². The number of aryl methyl sites for hydroxylation is 2. The van der Waals surface area contributed by atoms with Crippen LogP contribution in [0.5, 0.6) is 0 Å². The highest BCUT2D eigenvalue weighted by molar-refractivity contribution is 9.10. The van der Waals surface area contributed by atoms with E-state index in [2.05, 4.69) is 30.9 Å². The minimum absolute atomic E-state index is 0.364. The van der Waals surface area contributed by atoms with Gasteiger partial charge in [-0.05, 0) is 37.1 Å². The molecule has 1 aliphatic heterocycles. The topological polar surface area (TPSA) is 61.4 Å². The second kappa shape index (κ2) is 7.19. The third-order valence-electron chi connectivity index (χ3n) is 3.68. The van der Waals surface area contributed by atoms with Crippen molar-refractivity contribution >= 4 is 26.0 Å². The molecule has 0 unspecified atom stereocenters. The van der Waals surface area contributed by atoms with Crippen LogP contribution in [0, 0.1) is 13.8 Å². The summed E-state index contributed by atoms with van der Waals surface area (Å²) in [5.74, 6) is 0. The summed E-state index contributed by atoms with van der Waals surface area (Å²) in [5.41, 5.74) is 1.67. The van der Waals surface area contributed by atoms with Gasteiger partial charge in [0, 0.05) is 43.7 Å². The number of hydrogen-bond donors (Lipinski definition) is 2. The van der Waals surface area contributed by atoms with Crippen molar-refractivity contribution in [2.24, 2.45) is 0 Å². The first-order valence-electron chi connectivity index (χ1n) is 7.09. The fourth-order valence-electron chi connectivity index (χ4n) is 2.39. The summed E-state index contributed by atoms with van der Waals surface area (Å²) in [6.07, 6.45) is 0. The average molecular weight is 376 g/mol. The van der Waals surface area contributed by atoms with Crippen LogP contribution in [0.2, 0.25) is 0 Å². The van der Waals surface area contributed by atoms with E-state index in [1.54, 1.807) is 6.07 Å². The molecular weight excluding hydrogens is 354 g/mol. The van der Waals surface area contributed by atoms with Crippen molar-refractivity contribution in [3.63, 3.8) is 0 Å². The lowest BCUT2D eigenvalue weighted by molar-refractivity contribution is 0.245. The molecule has 0 amide bonds. The van der Waals surface area contributed by atoms with E-state index in [0.717, 1.165) is 48.3 Å². The molecule has 1 aromatic rings. The van der Waals surface area contributed by atoms with Crippen LogP contribution >= 0.6 is 15.9 Å². The fraction of sp³-hybridized carbons (Fsp3) is 0.571. The molecule has 0 saturated carbocycles. The molecule has 21 heavy (non-hydrogen) atoms. The zero-order chi connectivity index (χ0) is 15.5. The predicted molar refractivity (Wildman–Crippen MR) is 88.1 cm³/mol. The van der Waals surface area contributed by atoms with Crippen LogP contribution in [-0.2, 0) is 10.0 Å². The van der Waals surface area contributed by atoms with Crippen molar-refractivity contribution in [1.29, 1.82) is 0 Å². The standard InChI is InChI=1S/C14H22BrN3O2S/c1-11-10-14(12(2)9-13(11)15)21(19,20)17-5-8-18-6-3-16-4-7-18/h9-10,16-17H,3-8H2,1-2H3. The van der Waals surface area contributed by atoms with E-state index >= 15 is 0 Å². The highest BCUT2D eigenvalue weighted by Crippen LogP contribution is 2.24. The first kappa shape index (κ1) is 16.9. The molecule has 5 nitrogen and oxygen atoms in total. The van der Waals surface area contributed by atoms with Crippen LogP contribution in [0.15, 0.2) is 21.5 Å². The van der Waals surface area contributed by atoms with Gasteiger partial charge in [-0.25, -0.2) is 13.1 Å². The van der Waals surface area contributed by atoms with E-state index in [1.165, 1.54) is 0 Å². The Hall–Kier alpha value is -0.470. The molecule has 1 aliphatic rings. The second-order valence-electron chi connectivity index (χ2n) is 5.36. The van der Waals surface area contributed by atoms with Crippen LogP contribution < -0.4 is 10.0 Å². The monoisotopic (exact) mass is 375 g/mol. The van der Waals surface area contributed by atoms with Crippen molar-refractivity contribution in [3.05, 3.63) is 27.7 Å². The summed E-state index contributed by atoms with van der Waals surface area (Å²) in [7, 11) is -3.44. The molecule has 0 spiro atoms. The summed E-state index contributed by atoms with van der Waals surface area (Å²) in [6.45, 7) is 8.77. The SMILES string of the molecule is Cc1cc(S(=O)(=O)NCCN2CCNCC2)c(C)cc1Br. The van der Waals surface area contributed by atoms with Crippen LogP contribution in [0.4, 0.5) is 0 Å². The van der Waals surface area contributed by atoms with Crippen LogP contribution in [0.3, 0.4) is 0 Å². The Morgan fingerprint density at radius 2 is 1.90 bits per heavy atom. The number of piperazine rings is 1. The minimum Gasteiger partial charge on any atom is -0.314 e. The largest absolute Gasteiger partial charge is 0.314 e. The molecule has 1 heterocycles. The molecule has 1 aromatic carbocycles. The zero-order valence-corrected chi connectivity index (χ0v) is 14.8. The van der Waals surface area contributed by atoms with Gasteiger partial charge < -0.3 is 5.32 Å². The maximum atomic E-state index is 12.4. The smallest absolute Gasteiger partial charge is 0.240 e. The maximum Gasteiger partial charge on any atom is 0.240 e. The van der Waals surface area contributed by atoms with Crippen molar-refractivity contribution in [2.75, 3.05) is 39.3 Å². The summed E-state index contributed by atoms with van der Waals surface area (Å²) in [5, 5.41) is 3.28. The number of benzene rings is 1. The first-order chi connectivity index (χ1) is 9.90. The van der Waals surface area contributed by atoms with Crippen molar-refractivity contribution in [3.8, 4) is 0 Å². The second-order valence-corrected chi connectivity index (χ2v) is 7.95. The lowest BCUT2D eigenvalue weighted by Crippen LogP contribution is -2.46. The van der Waals surface area contributed by atoms with Gasteiger partial charge in [-0.15, -0.1) is 0 Å². The van der Waals surface area contributed by atoms with E-state index in [-0.39, 0.29) is 0 Å². The van der Waals surface area contributed by atoms with E-state index < -0.39 is 10.0 Å². The Labute approximate surface area is 135 Å². The van der Waals surface area contributed by atoms with Gasteiger partial charge in [0.25, 0.3) is 0 Å². The van der Waals surface area contributed by atoms with Crippen LogP contribution in [0.1, 0.15) is 11.1 Å². The Bertz CT molecular complexity index is 598. The Morgan fingerprint density at radius 1 is 1.24 bits per heavy atom. The molecule has 0 aliphatic carbocycles. The molecule has 2 N–H and O–H groups in total. The summed E-state index contributed by atoms with van der Waals surface area (Å²) in [6, 6.07) is 3.56. The molecule has 0 atom stereocenters. The van der Waals surface area contributed by atoms with Gasteiger partial charge in [0.15, 0.2) is 0 Å². The van der Waals surface area contributed by atoms with Gasteiger partial charge in [0.05, 0.1) is 4.90 Å². The molecule has 0 radical (unpaired) electrons. The molecule has 1 saturated heterocycles. The van der Waals surface area contributed by atoms with Gasteiger partial charge in [-0.1, -0.05) is 15.9 Å². The Kier molecular flexibility index (Phi) is 5.79. The maximum absolute atomic E-state index is 12.4. The number of rotatable bonds is 5. The third-order valence-corrected chi connectivity index (χ3v) is 6.13. The van der Waals surface area contributed by atoms with Gasteiger partial charge in [0.1, 0.15) is 0 Å². The van der Waals surface area contributed by atoms with E-state index in [9.17, 15) is 8.42 Å². The molecular formula is C14H22BrN3O2S. The molecule has 1 fully saturated rings. The summed E-state index contributed by atoms with van der Waals surface area (Å²) >= 11 is 3.42. The number of nitrogens with one attached hydrogen (secondary N) is 2. The first-order valence-corrected chi connectivity index (χ1v) is 9.37. The molecule has 7 heteroatoms. The number of hydrogen-bond acceptors (Lipinski definition) is 4. The van der Waals surface area contributed by atoms with Gasteiger partial charge >= 0.3 is 0 Å². The third kappa shape index (κ3) is 4.50. The lowest BCUT2D eigenvalue weighted by atomic mass is 10.2. The zero-order valence-electron chi connectivity index (χ0n) is 12.4. The van der Waals surface area contributed by atoms with Crippen LogP contribution in [0.25, 0.3) is 0 Å². The van der Waals surface area contributed by atoms with Gasteiger partial charge in [-0.3, -0.25) is 4.90 Å². The Balaban J connectivity index is 1.99. The minimum atomic E-state index is -3.44. The average Bonchev–Trinajstić information content (AvgIpc) is 2.43. The van der Waals surface area contributed by atoms with E-state index in [1.807, 2.05) is 19.9 Å². The Morgan fingerprint density at radius 3 is 2.57 bits per heavy atom.